The number of nitrogens with one attached hydrogen (secondary N) is 1. The van der Waals surface area contributed by atoms with Crippen molar-refractivity contribution in [1.29, 1.82) is 0 Å². The Balaban J connectivity index is 2.12. The summed E-state index contributed by atoms with van der Waals surface area (Å²) in [7, 11) is 0. The molecule has 0 aliphatic carbocycles. The summed E-state index contributed by atoms with van der Waals surface area (Å²) in [4.78, 5) is 24.2. The Bertz CT molecular complexity index is 768. The number of hydrogen-bond donors (Lipinski definition) is 1. The highest BCUT2D eigenvalue weighted by Crippen LogP contribution is 2.21. The third kappa shape index (κ3) is 4.62. The summed E-state index contributed by atoms with van der Waals surface area (Å²) in [5, 5.41) is 2.65. The van der Waals surface area contributed by atoms with Crippen molar-refractivity contribution in [2.45, 2.75) is 26.6 Å². The zero-order valence-electron chi connectivity index (χ0n) is 13.7. The van der Waals surface area contributed by atoms with E-state index < -0.39 is 12.1 Å². The largest absolute Gasteiger partial charge is 0.471 e. The van der Waals surface area contributed by atoms with E-state index in [0.29, 0.717) is 27.5 Å². The van der Waals surface area contributed by atoms with E-state index in [0.717, 1.165) is 0 Å². The Morgan fingerprint density at radius 2 is 1.96 bits per heavy atom. The highest BCUT2D eigenvalue weighted by Gasteiger charge is 2.41. The van der Waals surface area contributed by atoms with Crippen LogP contribution in [0.4, 0.5) is 18.9 Å². The van der Waals surface area contributed by atoms with E-state index in [-0.39, 0.29) is 19.0 Å². The number of furan rings is 1. The van der Waals surface area contributed by atoms with Crippen LogP contribution in [0.1, 0.15) is 28.6 Å². The van der Waals surface area contributed by atoms with Crippen LogP contribution >= 0.6 is 0 Å². The molecule has 8 heteroatoms. The number of anilines is 1. The van der Waals surface area contributed by atoms with E-state index in [9.17, 15) is 22.8 Å². The second-order valence-corrected chi connectivity index (χ2v) is 5.36. The van der Waals surface area contributed by atoms with E-state index in [1.165, 1.54) is 25.3 Å². The van der Waals surface area contributed by atoms with Crippen LogP contribution in [0.5, 0.6) is 0 Å². The summed E-state index contributed by atoms with van der Waals surface area (Å²) < 4.78 is 42.8. The number of rotatable bonds is 5. The summed E-state index contributed by atoms with van der Waals surface area (Å²) in [6.45, 7) is 2.83. The zero-order valence-corrected chi connectivity index (χ0v) is 13.7. The molecular weight excluding hydrogens is 337 g/mol. The molecule has 0 saturated heterocycles. The molecule has 1 N–H and O–H groups in total. The van der Waals surface area contributed by atoms with Crippen molar-refractivity contribution >= 4 is 17.5 Å². The van der Waals surface area contributed by atoms with Gasteiger partial charge in [-0.05, 0) is 37.6 Å². The second kappa shape index (κ2) is 7.42. The molecule has 0 spiro atoms. The number of carbonyl (C=O) groups excluding carboxylic acids is 2. The molecule has 0 saturated carbocycles. The maximum absolute atomic E-state index is 12.6. The third-order valence-electron chi connectivity index (χ3n) is 3.57. The van der Waals surface area contributed by atoms with Crippen LogP contribution in [0, 0.1) is 6.92 Å². The van der Waals surface area contributed by atoms with Gasteiger partial charge in [0.15, 0.2) is 0 Å². The van der Waals surface area contributed by atoms with Crippen molar-refractivity contribution in [2.75, 3.05) is 11.9 Å². The van der Waals surface area contributed by atoms with Gasteiger partial charge in [0.1, 0.15) is 5.76 Å². The van der Waals surface area contributed by atoms with Crippen molar-refractivity contribution < 1.29 is 27.2 Å². The lowest BCUT2D eigenvalue weighted by Crippen LogP contribution is -2.40. The highest BCUT2D eigenvalue weighted by atomic mass is 19.4. The van der Waals surface area contributed by atoms with Crippen LogP contribution in [0.2, 0.25) is 0 Å². The average molecular weight is 354 g/mol. The molecule has 1 heterocycles. The Morgan fingerprint density at radius 3 is 2.52 bits per heavy atom. The van der Waals surface area contributed by atoms with Gasteiger partial charge in [0.2, 0.25) is 0 Å². The van der Waals surface area contributed by atoms with Crippen molar-refractivity contribution in [3.63, 3.8) is 0 Å². The lowest BCUT2D eigenvalue weighted by Gasteiger charge is -2.22. The van der Waals surface area contributed by atoms with Crippen molar-refractivity contribution in [2.24, 2.45) is 0 Å². The molecule has 0 aliphatic rings. The first-order chi connectivity index (χ1) is 11.7. The SMILES string of the molecule is CCN(Cc1cccc(NC(=O)c2ccoc2C)c1)C(=O)C(F)(F)F. The van der Waals surface area contributed by atoms with Gasteiger partial charge in [-0.2, -0.15) is 13.2 Å². The molecule has 2 aromatic rings. The molecule has 5 nitrogen and oxygen atoms in total. The Labute approximate surface area is 142 Å². The molecule has 0 atom stereocenters. The van der Waals surface area contributed by atoms with Crippen molar-refractivity contribution in [3.05, 3.63) is 53.5 Å². The van der Waals surface area contributed by atoms with Crippen molar-refractivity contribution in [1.82, 2.24) is 4.90 Å². The molecule has 0 radical (unpaired) electrons. The lowest BCUT2D eigenvalue weighted by atomic mass is 10.1. The Morgan fingerprint density at radius 1 is 1.24 bits per heavy atom. The van der Waals surface area contributed by atoms with E-state index in [1.807, 2.05) is 0 Å². The Hall–Kier alpha value is -2.77. The van der Waals surface area contributed by atoms with Gasteiger partial charge in [-0.15, -0.1) is 0 Å². The molecule has 25 heavy (non-hydrogen) atoms. The van der Waals surface area contributed by atoms with E-state index in [1.54, 1.807) is 25.1 Å². The molecule has 0 aliphatic heterocycles. The number of hydrogen-bond acceptors (Lipinski definition) is 3. The van der Waals surface area contributed by atoms with Gasteiger partial charge in [0, 0.05) is 18.8 Å². The highest BCUT2D eigenvalue weighted by molar-refractivity contribution is 6.04. The van der Waals surface area contributed by atoms with Crippen LogP contribution in [-0.2, 0) is 11.3 Å². The first-order valence-corrected chi connectivity index (χ1v) is 7.53. The van der Waals surface area contributed by atoms with Gasteiger partial charge in [0.25, 0.3) is 5.91 Å². The number of amides is 2. The van der Waals surface area contributed by atoms with Gasteiger partial charge in [-0.1, -0.05) is 12.1 Å². The minimum absolute atomic E-state index is 0.0802. The van der Waals surface area contributed by atoms with Gasteiger partial charge in [0.05, 0.1) is 11.8 Å². The van der Waals surface area contributed by atoms with Crippen LogP contribution in [0.15, 0.2) is 41.0 Å². The number of benzene rings is 1. The maximum Gasteiger partial charge on any atom is 0.471 e. The summed E-state index contributed by atoms with van der Waals surface area (Å²) in [5.74, 6) is -1.82. The van der Waals surface area contributed by atoms with Crippen molar-refractivity contribution in [3.8, 4) is 0 Å². The van der Waals surface area contributed by atoms with Gasteiger partial charge in [-0.3, -0.25) is 9.59 Å². The van der Waals surface area contributed by atoms with Gasteiger partial charge >= 0.3 is 12.1 Å². The smallest absolute Gasteiger partial charge is 0.469 e. The fraction of sp³-hybridized carbons (Fsp3) is 0.294. The summed E-state index contributed by atoms with van der Waals surface area (Å²) in [6, 6.07) is 7.85. The summed E-state index contributed by atoms with van der Waals surface area (Å²) >= 11 is 0. The maximum atomic E-state index is 12.6. The third-order valence-corrected chi connectivity index (χ3v) is 3.57. The fourth-order valence-corrected chi connectivity index (χ4v) is 2.29. The standard InChI is InChI=1S/C17H17F3N2O3/c1-3-22(16(24)17(18,19)20)10-12-5-4-6-13(9-12)21-15(23)14-7-8-25-11(14)2/h4-9H,3,10H2,1-2H3,(H,21,23). The van der Waals surface area contributed by atoms with Crippen LogP contribution in [0.25, 0.3) is 0 Å². The molecule has 134 valence electrons. The van der Waals surface area contributed by atoms with Gasteiger partial charge in [-0.25, -0.2) is 0 Å². The minimum atomic E-state index is -4.92. The first kappa shape index (κ1) is 18.6. The predicted molar refractivity (Wildman–Crippen MR) is 85.0 cm³/mol. The van der Waals surface area contributed by atoms with Crippen LogP contribution in [-0.4, -0.2) is 29.4 Å². The number of carbonyl (C=O) groups is 2. The normalized spacial score (nSPS) is 11.2. The topological polar surface area (TPSA) is 62.6 Å². The zero-order chi connectivity index (χ0) is 18.6. The van der Waals surface area contributed by atoms with E-state index >= 15 is 0 Å². The molecule has 0 fully saturated rings. The van der Waals surface area contributed by atoms with E-state index in [2.05, 4.69) is 5.32 Å². The fourth-order valence-electron chi connectivity index (χ4n) is 2.29. The molecule has 1 aromatic heterocycles. The molecule has 0 bridgehead atoms. The number of nitrogens with zero attached hydrogens (tertiary/aromatic N) is 1. The molecule has 0 unspecified atom stereocenters. The summed E-state index contributed by atoms with van der Waals surface area (Å²) in [6.07, 6.45) is -3.52. The molecule has 1 aromatic carbocycles. The quantitative estimate of drug-likeness (QED) is 0.889. The average Bonchev–Trinajstić information content (AvgIpc) is 2.97. The molecular formula is C17H17F3N2O3. The van der Waals surface area contributed by atoms with E-state index in [4.69, 9.17) is 4.42 Å². The van der Waals surface area contributed by atoms with Crippen LogP contribution < -0.4 is 5.32 Å². The number of alkyl halides is 3. The summed E-state index contributed by atoms with van der Waals surface area (Å²) in [5.41, 5.74) is 1.26. The number of aryl methyl sites for hydroxylation is 1. The predicted octanol–water partition coefficient (Wildman–Crippen LogP) is 3.75. The van der Waals surface area contributed by atoms with Crippen LogP contribution in [0.3, 0.4) is 0 Å². The second-order valence-electron chi connectivity index (χ2n) is 5.36. The Kier molecular flexibility index (Phi) is 5.51. The molecule has 2 rings (SSSR count). The monoisotopic (exact) mass is 354 g/mol. The minimum Gasteiger partial charge on any atom is -0.469 e. The van der Waals surface area contributed by atoms with Gasteiger partial charge < -0.3 is 14.6 Å². The molecule has 2 amide bonds. The lowest BCUT2D eigenvalue weighted by molar-refractivity contribution is -0.185. The number of halogens is 3. The first-order valence-electron chi connectivity index (χ1n) is 7.53.